The summed E-state index contributed by atoms with van der Waals surface area (Å²) in [6.07, 6.45) is 6.16. The molecule has 0 amide bonds. The molecule has 112 valence electrons. The third-order valence-corrected chi connectivity index (χ3v) is 4.62. The summed E-state index contributed by atoms with van der Waals surface area (Å²) in [7, 11) is -3.91. The smallest absolute Gasteiger partial charge is 0.239 e. The van der Waals surface area contributed by atoms with Crippen LogP contribution in [0.15, 0.2) is 35.2 Å². The van der Waals surface area contributed by atoms with Crippen LogP contribution in [0.5, 0.6) is 0 Å². The van der Waals surface area contributed by atoms with Crippen molar-refractivity contribution in [2.24, 2.45) is 10.6 Å². The molecular weight excluding hydrogens is 286 g/mol. The number of allylic oxidation sites excluding steroid dienone is 1. The van der Waals surface area contributed by atoms with Gasteiger partial charge in [-0.1, -0.05) is 32.1 Å². The van der Waals surface area contributed by atoms with Crippen LogP contribution in [0.4, 0.5) is 5.69 Å². The van der Waals surface area contributed by atoms with Gasteiger partial charge in [-0.05, 0) is 30.4 Å². The number of hydrogen-bond donors (Lipinski definition) is 2. The molecule has 0 heterocycles. The Morgan fingerprint density at radius 3 is 2.67 bits per heavy atom. The molecule has 1 atom stereocenters. The summed E-state index contributed by atoms with van der Waals surface area (Å²) < 4.78 is 23.1. The Balaban J connectivity index is 2.33. The van der Waals surface area contributed by atoms with Gasteiger partial charge in [0.1, 0.15) is 11.0 Å². The normalized spacial score (nSPS) is 20.8. The van der Waals surface area contributed by atoms with Crippen LogP contribution in [0.2, 0.25) is 0 Å². The fourth-order valence-electron chi connectivity index (χ4n) is 2.41. The molecule has 2 rings (SSSR count). The van der Waals surface area contributed by atoms with E-state index in [2.05, 4.69) is 31.3 Å². The number of benzene rings is 1. The van der Waals surface area contributed by atoms with E-state index in [1.165, 1.54) is 6.07 Å². The molecule has 0 aliphatic heterocycles. The van der Waals surface area contributed by atoms with Crippen LogP contribution in [0.3, 0.4) is 0 Å². The van der Waals surface area contributed by atoms with Gasteiger partial charge in [-0.15, -0.1) is 0 Å². The number of hydrogen-bond acceptors (Lipinski definition) is 4. The largest absolute Gasteiger partial charge is 0.378 e. The zero-order chi connectivity index (χ0) is 15.7. The van der Waals surface area contributed by atoms with Crippen LogP contribution in [0.25, 0.3) is 0 Å². The first-order valence-corrected chi connectivity index (χ1v) is 8.29. The number of nitrogens with two attached hydrogens (primary N) is 1. The van der Waals surface area contributed by atoms with Crippen molar-refractivity contribution in [1.29, 1.82) is 5.26 Å². The number of anilines is 1. The molecule has 0 spiro atoms. The van der Waals surface area contributed by atoms with Gasteiger partial charge < -0.3 is 5.32 Å². The third kappa shape index (κ3) is 3.63. The summed E-state index contributed by atoms with van der Waals surface area (Å²) in [4.78, 5) is -0.143. The second kappa shape index (κ2) is 5.51. The standard InChI is InChI=1S/C15H19N3O2S/c1-15(2)8-6-11(7-9-15)18-13-4-3-5-14(12(13)10-16)21(17,19)20/h3-6,8,11,18H,7,9H2,1-2H3,(H2,17,19,20). The predicted molar refractivity (Wildman–Crippen MR) is 82.1 cm³/mol. The van der Waals surface area contributed by atoms with Crippen molar-refractivity contribution in [3.63, 3.8) is 0 Å². The van der Waals surface area contributed by atoms with Gasteiger partial charge in [-0.2, -0.15) is 5.26 Å². The van der Waals surface area contributed by atoms with E-state index in [9.17, 15) is 13.7 Å². The highest BCUT2D eigenvalue weighted by Gasteiger charge is 2.23. The SMILES string of the molecule is CC1(C)C=CC(Nc2cccc(S(N)(=O)=O)c2C#N)CC1. The fourth-order valence-corrected chi connectivity index (χ4v) is 3.12. The molecular formula is C15H19N3O2S. The molecule has 1 aromatic rings. The lowest BCUT2D eigenvalue weighted by Crippen LogP contribution is -2.25. The van der Waals surface area contributed by atoms with E-state index in [4.69, 9.17) is 5.14 Å². The average Bonchev–Trinajstić information content (AvgIpc) is 2.40. The molecule has 1 aliphatic carbocycles. The van der Waals surface area contributed by atoms with Crippen molar-refractivity contribution in [2.75, 3.05) is 5.32 Å². The van der Waals surface area contributed by atoms with Crippen molar-refractivity contribution in [1.82, 2.24) is 0 Å². The molecule has 1 aliphatic rings. The van der Waals surface area contributed by atoms with Gasteiger partial charge in [0.15, 0.2) is 0 Å². The summed E-state index contributed by atoms with van der Waals surface area (Å²) in [5.41, 5.74) is 0.746. The molecule has 0 bridgehead atoms. The van der Waals surface area contributed by atoms with Gasteiger partial charge in [0, 0.05) is 6.04 Å². The molecule has 1 aromatic carbocycles. The van der Waals surface area contributed by atoms with Crippen LogP contribution in [-0.2, 0) is 10.0 Å². The number of nitriles is 1. The first-order chi connectivity index (χ1) is 9.73. The summed E-state index contributed by atoms with van der Waals surface area (Å²) in [5.74, 6) is 0. The molecule has 0 saturated heterocycles. The van der Waals surface area contributed by atoms with Gasteiger partial charge in [0.2, 0.25) is 10.0 Å². The van der Waals surface area contributed by atoms with E-state index in [1.807, 2.05) is 6.07 Å². The summed E-state index contributed by atoms with van der Waals surface area (Å²) in [6, 6.07) is 6.64. The van der Waals surface area contributed by atoms with Crippen molar-refractivity contribution < 1.29 is 8.42 Å². The number of primary sulfonamides is 1. The van der Waals surface area contributed by atoms with Gasteiger partial charge in [-0.25, -0.2) is 13.6 Å². The highest BCUT2D eigenvalue weighted by molar-refractivity contribution is 7.89. The molecule has 21 heavy (non-hydrogen) atoms. The summed E-state index contributed by atoms with van der Waals surface area (Å²) in [5, 5.41) is 17.6. The number of sulfonamides is 1. The molecule has 0 radical (unpaired) electrons. The van der Waals surface area contributed by atoms with Gasteiger partial charge in [-0.3, -0.25) is 0 Å². The minimum Gasteiger partial charge on any atom is -0.378 e. The topological polar surface area (TPSA) is 96.0 Å². The Kier molecular flexibility index (Phi) is 4.08. The van der Waals surface area contributed by atoms with E-state index < -0.39 is 10.0 Å². The number of rotatable bonds is 3. The van der Waals surface area contributed by atoms with Crippen molar-refractivity contribution in [2.45, 2.75) is 37.6 Å². The Morgan fingerprint density at radius 1 is 1.43 bits per heavy atom. The molecule has 5 nitrogen and oxygen atoms in total. The lowest BCUT2D eigenvalue weighted by atomic mass is 9.81. The van der Waals surface area contributed by atoms with E-state index in [0.717, 1.165) is 12.8 Å². The van der Waals surface area contributed by atoms with E-state index in [1.54, 1.807) is 12.1 Å². The molecule has 1 unspecified atom stereocenters. The van der Waals surface area contributed by atoms with Crippen molar-refractivity contribution in [3.8, 4) is 6.07 Å². The minimum absolute atomic E-state index is 0.0678. The quantitative estimate of drug-likeness (QED) is 0.838. The minimum atomic E-state index is -3.91. The van der Waals surface area contributed by atoms with Crippen LogP contribution >= 0.6 is 0 Å². The second-order valence-electron chi connectivity index (χ2n) is 5.97. The van der Waals surface area contributed by atoms with E-state index in [0.29, 0.717) is 5.69 Å². The number of nitrogens with one attached hydrogen (secondary N) is 1. The highest BCUT2D eigenvalue weighted by atomic mass is 32.2. The maximum absolute atomic E-state index is 11.5. The summed E-state index contributed by atoms with van der Waals surface area (Å²) in [6.45, 7) is 4.34. The highest BCUT2D eigenvalue weighted by Crippen LogP contribution is 2.31. The van der Waals surface area contributed by atoms with Gasteiger partial charge >= 0.3 is 0 Å². The Morgan fingerprint density at radius 2 is 2.14 bits per heavy atom. The van der Waals surface area contributed by atoms with Crippen LogP contribution in [-0.4, -0.2) is 14.5 Å². The summed E-state index contributed by atoms with van der Waals surface area (Å²) >= 11 is 0. The lowest BCUT2D eigenvalue weighted by molar-refractivity contribution is 0.395. The number of nitrogens with zero attached hydrogens (tertiary/aromatic N) is 1. The lowest BCUT2D eigenvalue weighted by Gasteiger charge is -2.29. The maximum Gasteiger partial charge on any atom is 0.239 e. The molecule has 0 aromatic heterocycles. The first-order valence-electron chi connectivity index (χ1n) is 6.75. The molecule has 0 saturated carbocycles. The predicted octanol–water partition coefficient (Wildman–Crippen LogP) is 2.36. The van der Waals surface area contributed by atoms with Crippen molar-refractivity contribution >= 4 is 15.7 Å². The molecule has 0 fully saturated rings. The van der Waals surface area contributed by atoms with Crippen molar-refractivity contribution in [3.05, 3.63) is 35.9 Å². The Bertz CT molecular complexity index is 715. The monoisotopic (exact) mass is 305 g/mol. The van der Waals surface area contributed by atoms with Crippen LogP contribution in [0, 0.1) is 16.7 Å². The first kappa shape index (κ1) is 15.5. The Hall–Kier alpha value is -1.84. The molecule has 3 N–H and O–H groups in total. The zero-order valence-corrected chi connectivity index (χ0v) is 12.9. The maximum atomic E-state index is 11.5. The van der Waals surface area contributed by atoms with Gasteiger partial charge in [0.05, 0.1) is 11.3 Å². The van der Waals surface area contributed by atoms with Crippen LogP contribution in [0.1, 0.15) is 32.3 Å². The van der Waals surface area contributed by atoms with Crippen LogP contribution < -0.4 is 10.5 Å². The Labute approximate surface area is 125 Å². The second-order valence-corrected chi connectivity index (χ2v) is 7.50. The third-order valence-electron chi connectivity index (χ3n) is 3.66. The van der Waals surface area contributed by atoms with E-state index in [-0.39, 0.29) is 21.9 Å². The average molecular weight is 305 g/mol. The van der Waals surface area contributed by atoms with Gasteiger partial charge in [0.25, 0.3) is 0 Å². The fraction of sp³-hybridized carbons (Fsp3) is 0.400. The zero-order valence-electron chi connectivity index (χ0n) is 12.1. The van der Waals surface area contributed by atoms with E-state index >= 15 is 0 Å². The molecule has 6 heteroatoms.